The van der Waals surface area contributed by atoms with Crippen LogP contribution in [-0.2, 0) is 4.79 Å². The fourth-order valence-electron chi connectivity index (χ4n) is 1.94. The molecule has 106 valence electrons. The van der Waals surface area contributed by atoms with Crippen LogP contribution in [0.2, 0.25) is 0 Å². The summed E-state index contributed by atoms with van der Waals surface area (Å²) in [5, 5.41) is 0. The number of nitrogens with two attached hydrogens (primary N) is 1. The summed E-state index contributed by atoms with van der Waals surface area (Å²) in [4.78, 5) is 15.3. The second-order valence-electron chi connectivity index (χ2n) is 4.48. The topological polar surface area (TPSA) is 49.6 Å². The Morgan fingerprint density at radius 2 is 1.78 bits per heavy atom. The third-order valence-electron chi connectivity index (χ3n) is 3.03. The van der Waals surface area contributed by atoms with E-state index in [0.717, 1.165) is 26.1 Å². The van der Waals surface area contributed by atoms with Gasteiger partial charge in [-0.1, -0.05) is 0 Å². The first-order valence-corrected chi connectivity index (χ1v) is 6.19. The summed E-state index contributed by atoms with van der Waals surface area (Å²) in [5.41, 5.74) is 5.40. The number of nitrogens with zero attached hydrogens (tertiary/aromatic N) is 2. The van der Waals surface area contributed by atoms with Gasteiger partial charge in [0.05, 0.1) is 6.42 Å². The van der Waals surface area contributed by atoms with Crippen LogP contribution < -0.4 is 5.73 Å². The third kappa shape index (κ3) is 5.68. The van der Waals surface area contributed by atoms with Crippen LogP contribution in [0.15, 0.2) is 0 Å². The molecule has 1 saturated heterocycles. The van der Waals surface area contributed by atoms with Crippen molar-refractivity contribution in [2.24, 2.45) is 5.73 Å². The Morgan fingerprint density at radius 3 is 2.28 bits per heavy atom. The number of amides is 1. The highest BCUT2D eigenvalue weighted by molar-refractivity contribution is 5.76. The first-order valence-electron chi connectivity index (χ1n) is 6.19. The van der Waals surface area contributed by atoms with E-state index in [0.29, 0.717) is 19.6 Å². The van der Waals surface area contributed by atoms with E-state index < -0.39 is 24.9 Å². The number of halogens is 3. The van der Waals surface area contributed by atoms with Crippen molar-refractivity contribution in [2.45, 2.75) is 25.4 Å². The standard InChI is InChI=1S/C11H20F3N3O/c12-11(13,14)3-2-10(18)17-8-6-16(7-9-17)5-1-4-15/h1-9,15H2. The highest BCUT2D eigenvalue weighted by Gasteiger charge is 2.29. The molecular weight excluding hydrogens is 247 g/mol. The molecule has 0 saturated carbocycles. The molecule has 0 aromatic heterocycles. The molecule has 2 N–H and O–H groups in total. The molecule has 1 fully saturated rings. The van der Waals surface area contributed by atoms with Gasteiger partial charge in [-0.25, -0.2) is 0 Å². The van der Waals surface area contributed by atoms with Crippen molar-refractivity contribution >= 4 is 5.91 Å². The fourth-order valence-corrected chi connectivity index (χ4v) is 1.94. The summed E-state index contributed by atoms with van der Waals surface area (Å²) in [7, 11) is 0. The maximum absolute atomic E-state index is 12.0. The van der Waals surface area contributed by atoms with Crippen LogP contribution in [0.4, 0.5) is 13.2 Å². The second-order valence-corrected chi connectivity index (χ2v) is 4.48. The Balaban J connectivity index is 2.23. The van der Waals surface area contributed by atoms with Crippen molar-refractivity contribution in [1.82, 2.24) is 9.80 Å². The van der Waals surface area contributed by atoms with Gasteiger partial charge >= 0.3 is 6.18 Å². The predicted octanol–water partition coefficient (Wildman–Crippen LogP) is 0.822. The van der Waals surface area contributed by atoms with Crippen molar-refractivity contribution in [3.8, 4) is 0 Å². The van der Waals surface area contributed by atoms with Gasteiger partial charge in [0.15, 0.2) is 0 Å². The number of hydrogen-bond acceptors (Lipinski definition) is 3. The lowest BCUT2D eigenvalue weighted by atomic mass is 10.2. The Kier molecular flexibility index (Phi) is 5.87. The largest absolute Gasteiger partial charge is 0.389 e. The Labute approximate surface area is 105 Å². The minimum absolute atomic E-state index is 0.397. The summed E-state index contributed by atoms with van der Waals surface area (Å²) >= 11 is 0. The molecule has 1 amide bonds. The number of carbonyl (C=O) groups excluding carboxylic acids is 1. The monoisotopic (exact) mass is 267 g/mol. The first-order chi connectivity index (χ1) is 8.42. The van der Waals surface area contributed by atoms with Gasteiger partial charge in [-0.15, -0.1) is 0 Å². The summed E-state index contributed by atoms with van der Waals surface area (Å²) < 4.78 is 36.0. The molecule has 7 heteroatoms. The Bertz CT molecular complexity index is 263. The van der Waals surface area contributed by atoms with Crippen LogP contribution >= 0.6 is 0 Å². The van der Waals surface area contributed by atoms with Crippen LogP contribution in [0.25, 0.3) is 0 Å². The molecule has 1 heterocycles. The highest BCUT2D eigenvalue weighted by Crippen LogP contribution is 2.22. The molecule has 0 aliphatic carbocycles. The third-order valence-corrected chi connectivity index (χ3v) is 3.03. The van der Waals surface area contributed by atoms with Gasteiger partial charge < -0.3 is 10.6 Å². The maximum Gasteiger partial charge on any atom is 0.389 e. The van der Waals surface area contributed by atoms with Gasteiger partial charge in [-0.3, -0.25) is 9.69 Å². The molecule has 1 aliphatic rings. The minimum Gasteiger partial charge on any atom is -0.340 e. The number of hydrogen-bond donors (Lipinski definition) is 1. The molecule has 0 unspecified atom stereocenters. The van der Waals surface area contributed by atoms with E-state index >= 15 is 0 Å². The van der Waals surface area contributed by atoms with Crippen molar-refractivity contribution in [2.75, 3.05) is 39.3 Å². The van der Waals surface area contributed by atoms with E-state index in [2.05, 4.69) is 4.90 Å². The number of rotatable bonds is 5. The molecule has 1 rings (SSSR count). The van der Waals surface area contributed by atoms with Crippen molar-refractivity contribution in [1.29, 1.82) is 0 Å². The Morgan fingerprint density at radius 1 is 1.17 bits per heavy atom. The van der Waals surface area contributed by atoms with Crippen LogP contribution in [0.1, 0.15) is 19.3 Å². The summed E-state index contributed by atoms with van der Waals surface area (Å²) in [6, 6.07) is 0. The van der Waals surface area contributed by atoms with Gasteiger partial charge in [0, 0.05) is 32.6 Å². The lowest BCUT2D eigenvalue weighted by Crippen LogP contribution is -2.49. The van der Waals surface area contributed by atoms with E-state index in [9.17, 15) is 18.0 Å². The quantitative estimate of drug-likeness (QED) is 0.802. The lowest BCUT2D eigenvalue weighted by molar-refractivity contribution is -0.150. The normalized spacial score (nSPS) is 18.1. The molecule has 0 aromatic carbocycles. The fraction of sp³-hybridized carbons (Fsp3) is 0.909. The average molecular weight is 267 g/mol. The molecular formula is C11H20F3N3O. The van der Waals surface area contributed by atoms with Crippen molar-refractivity contribution in [3.63, 3.8) is 0 Å². The number of carbonyl (C=O) groups is 1. The zero-order valence-corrected chi connectivity index (χ0v) is 10.4. The highest BCUT2D eigenvalue weighted by atomic mass is 19.4. The van der Waals surface area contributed by atoms with Gasteiger partial charge in [0.25, 0.3) is 0 Å². The maximum atomic E-state index is 12.0. The Hall–Kier alpha value is -0.820. The molecule has 0 atom stereocenters. The SMILES string of the molecule is NCCCN1CCN(C(=O)CCC(F)(F)F)CC1. The molecule has 1 aliphatic heterocycles. The molecule has 0 spiro atoms. The lowest BCUT2D eigenvalue weighted by Gasteiger charge is -2.34. The van der Waals surface area contributed by atoms with E-state index in [-0.39, 0.29) is 0 Å². The van der Waals surface area contributed by atoms with E-state index in [1.54, 1.807) is 0 Å². The number of alkyl halides is 3. The summed E-state index contributed by atoms with van der Waals surface area (Å²) in [6.45, 7) is 3.99. The molecule has 18 heavy (non-hydrogen) atoms. The molecule has 0 aromatic rings. The van der Waals surface area contributed by atoms with Gasteiger partial charge in [-0.05, 0) is 19.5 Å². The minimum atomic E-state index is -4.25. The second kappa shape index (κ2) is 6.94. The zero-order chi connectivity index (χ0) is 13.6. The molecule has 4 nitrogen and oxygen atoms in total. The van der Waals surface area contributed by atoms with Gasteiger partial charge in [0.1, 0.15) is 0 Å². The molecule has 0 bridgehead atoms. The van der Waals surface area contributed by atoms with E-state index in [1.807, 2.05) is 0 Å². The van der Waals surface area contributed by atoms with Crippen molar-refractivity contribution < 1.29 is 18.0 Å². The first kappa shape index (κ1) is 15.2. The van der Waals surface area contributed by atoms with Gasteiger partial charge in [0.2, 0.25) is 5.91 Å². The van der Waals surface area contributed by atoms with Gasteiger partial charge in [-0.2, -0.15) is 13.2 Å². The van der Waals surface area contributed by atoms with Crippen LogP contribution in [0.3, 0.4) is 0 Å². The van der Waals surface area contributed by atoms with Crippen LogP contribution in [0, 0.1) is 0 Å². The number of piperazine rings is 1. The molecule has 0 radical (unpaired) electrons. The summed E-state index contributed by atoms with van der Waals surface area (Å²) in [6.07, 6.45) is -4.81. The van der Waals surface area contributed by atoms with E-state index in [1.165, 1.54) is 4.90 Å². The zero-order valence-electron chi connectivity index (χ0n) is 10.4. The van der Waals surface area contributed by atoms with Crippen molar-refractivity contribution in [3.05, 3.63) is 0 Å². The predicted molar refractivity (Wildman–Crippen MR) is 62.0 cm³/mol. The summed E-state index contributed by atoms with van der Waals surface area (Å²) in [5.74, 6) is -0.397. The average Bonchev–Trinajstić information content (AvgIpc) is 2.33. The smallest absolute Gasteiger partial charge is 0.340 e. The van der Waals surface area contributed by atoms with Crippen LogP contribution in [-0.4, -0.2) is 61.2 Å². The van der Waals surface area contributed by atoms with Crippen LogP contribution in [0.5, 0.6) is 0 Å². The van der Waals surface area contributed by atoms with E-state index in [4.69, 9.17) is 5.73 Å².